The highest BCUT2D eigenvalue weighted by molar-refractivity contribution is 6.12. The van der Waals surface area contributed by atoms with Crippen molar-refractivity contribution in [2.45, 2.75) is 31.3 Å². The van der Waals surface area contributed by atoms with Crippen molar-refractivity contribution in [1.82, 2.24) is 15.0 Å². The van der Waals surface area contributed by atoms with Crippen molar-refractivity contribution < 1.29 is 19.1 Å². The van der Waals surface area contributed by atoms with Gasteiger partial charge in [-0.05, 0) is 18.6 Å². The van der Waals surface area contributed by atoms with Gasteiger partial charge in [0.25, 0.3) is 0 Å². The number of H-pyrrole nitrogens is 2. The molecular weight excluding hydrogens is 452 g/mol. The van der Waals surface area contributed by atoms with Crippen molar-refractivity contribution in [2.24, 2.45) is 0 Å². The van der Waals surface area contributed by atoms with Crippen LogP contribution in [-0.2, 0) is 4.74 Å². The van der Waals surface area contributed by atoms with Gasteiger partial charge in [0.1, 0.15) is 35.5 Å². The van der Waals surface area contributed by atoms with Crippen LogP contribution in [0.3, 0.4) is 0 Å². The summed E-state index contributed by atoms with van der Waals surface area (Å²) in [7, 11) is 5.17. The molecule has 36 heavy (non-hydrogen) atoms. The fourth-order valence-electron chi connectivity index (χ4n) is 6.47. The number of pyridine rings is 1. The lowest BCUT2D eigenvalue weighted by atomic mass is 9.87. The topological polar surface area (TPSA) is 76.6 Å². The lowest BCUT2D eigenvalue weighted by molar-refractivity contribution is -0.920. The maximum absolute atomic E-state index is 5.98. The third-order valence-corrected chi connectivity index (χ3v) is 8.03. The second-order valence-electron chi connectivity index (χ2n) is 9.68. The number of aromatic amines is 2. The van der Waals surface area contributed by atoms with Gasteiger partial charge < -0.3 is 24.2 Å². The minimum Gasteiger partial charge on any atom is -0.495 e. The van der Waals surface area contributed by atoms with Crippen molar-refractivity contribution in [3.63, 3.8) is 0 Å². The Morgan fingerprint density at radius 2 is 1.64 bits per heavy atom. The molecule has 7 heteroatoms. The summed E-state index contributed by atoms with van der Waals surface area (Å²) < 4.78 is 17.4. The Hall–Kier alpha value is -3.97. The summed E-state index contributed by atoms with van der Waals surface area (Å²) in [5.41, 5.74) is 6.65. The van der Waals surface area contributed by atoms with E-state index in [9.17, 15) is 0 Å². The minimum atomic E-state index is 0.168. The second kappa shape index (κ2) is 8.03. The summed E-state index contributed by atoms with van der Waals surface area (Å²) in [5, 5.41) is 3.35. The van der Waals surface area contributed by atoms with Crippen LogP contribution >= 0.6 is 0 Å². The summed E-state index contributed by atoms with van der Waals surface area (Å²) in [4.78, 5) is 13.8. The zero-order valence-corrected chi connectivity index (χ0v) is 20.6. The quantitative estimate of drug-likeness (QED) is 0.337. The molecule has 5 aromatic rings. The zero-order valence-electron chi connectivity index (χ0n) is 20.6. The first-order chi connectivity index (χ1) is 17.7. The average molecular weight is 482 g/mol. The molecule has 182 valence electrons. The lowest BCUT2D eigenvalue weighted by Crippen LogP contribution is -3.09. The summed E-state index contributed by atoms with van der Waals surface area (Å²) in [6.45, 7) is 0. The molecule has 0 saturated carbocycles. The van der Waals surface area contributed by atoms with E-state index < -0.39 is 0 Å². The van der Waals surface area contributed by atoms with E-state index >= 15 is 0 Å². The van der Waals surface area contributed by atoms with Crippen LogP contribution in [0.15, 0.2) is 54.9 Å². The van der Waals surface area contributed by atoms with Crippen LogP contribution in [0.25, 0.3) is 38.5 Å². The number of hydrogen-bond acceptors (Lipinski definition) is 4. The molecule has 7 rings (SSSR count). The van der Waals surface area contributed by atoms with Gasteiger partial charge in [-0.25, -0.2) is 4.98 Å². The first kappa shape index (κ1) is 21.3. The van der Waals surface area contributed by atoms with Gasteiger partial charge in [0.15, 0.2) is 5.76 Å². The molecule has 3 N–H and O–H groups in total. The molecule has 5 heterocycles. The largest absolute Gasteiger partial charge is 0.495 e. The van der Waals surface area contributed by atoms with E-state index in [4.69, 9.17) is 19.2 Å². The van der Waals surface area contributed by atoms with Gasteiger partial charge in [-0.1, -0.05) is 30.3 Å². The standard InChI is InChI=1S/C29H28N4O3/c1-34-21-13-6-9-17-25-22(35-2)14-30-28(29(25)32-26(17)21)20-12-7-11-19-27-24(23(36-3)15-33(19)20)16-8-4-5-10-18(16)31-27/h4-6,8-10,13-15,19-20,31-32H,7,11-12H2,1-3H3/p+1. The Labute approximate surface area is 208 Å². The minimum absolute atomic E-state index is 0.168. The van der Waals surface area contributed by atoms with E-state index in [-0.39, 0.29) is 6.04 Å². The maximum atomic E-state index is 5.98. The number of methoxy groups -OCH3 is 3. The van der Waals surface area contributed by atoms with E-state index in [1.807, 2.05) is 18.3 Å². The van der Waals surface area contributed by atoms with Crippen LogP contribution < -0.4 is 14.4 Å². The molecular formula is C29H29N4O3+. The highest BCUT2D eigenvalue weighted by Crippen LogP contribution is 2.42. The SMILES string of the molecule is COC1=C[NH+]2C(CCCC2c2ncc(OC)c3c2[nH]c2c(OC)cccc23)c2[nH]c3ccccc3c21. The summed E-state index contributed by atoms with van der Waals surface area (Å²) >= 11 is 0. The van der Waals surface area contributed by atoms with Gasteiger partial charge >= 0.3 is 0 Å². The van der Waals surface area contributed by atoms with Crippen LogP contribution in [0.1, 0.15) is 48.3 Å². The van der Waals surface area contributed by atoms with Crippen LogP contribution in [-0.4, -0.2) is 36.3 Å². The van der Waals surface area contributed by atoms with Crippen molar-refractivity contribution in [2.75, 3.05) is 21.3 Å². The van der Waals surface area contributed by atoms with Crippen molar-refractivity contribution in [1.29, 1.82) is 0 Å². The van der Waals surface area contributed by atoms with Crippen molar-refractivity contribution in [3.05, 3.63) is 71.8 Å². The second-order valence-corrected chi connectivity index (χ2v) is 9.68. The van der Waals surface area contributed by atoms with Gasteiger partial charge in [-0.15, -0.1) is 0 Å². The number of benzene rings is 2. The van der Waals surface area contributed by atoms with Crippen LogP contribution in [0.5, 0.6) is 11.5 Å². The Bertz CT molecular complexity index is 1660. The number of piperidine rings is 1. The molecule has 3 atom stereocenters. The van der Waals surface area contributed by atoms with Crippen LogP contribution in [0.4, 0.5) is 0 Å². The summed E-state index contributed by atoms with van der Waals surface area (Å²) in [6, 6.07) is 15.1. The monoisotopic (exact) mass is 481 g/mol. The third-order valence-electron chi connectivity index (χ3n) is 8.03. The number of hydrogen-bond donors (Lipinski definition) is 3. The fraction of sp³-hybridized carbons (Fsp3) is 0.276. The first-order valence-electron chi connectivity index (χ1n) is 12.5. The van der Waals surface area contributed by atoms with Gasteiger partial charge in [0.05, 0.1) is 55.2 Å². The smallest absolute Gasteiger partial charge is 0.181 e. The predicted octanol–water partition coefficient (Wildman–Crippen LogP) is 5.02. The Kier molecular flexibility index (Phi) is 4.76. The van der Waals surface area contributed by atoms with E-state index in [2.05, 4.69) is 46.5 Å². The predicted molar refractivity (Wildman–Crippen MR) is 140 cm³/mol. The van der Waals surface area contributed by atoms with Gasteiger partial charge in [0.2, 0.25) is 0 Å². The number of nitrogens with one attached hydrogen (secondary N) is 3. The van der Waals surface area contributed by atoms with Crippen LogP contribution in [0, 0.1) is 0 Å². The van der Waals surface area contributed by atoms with E-state index in [0.29, 0.717) is 6.04 Å². The Morgan fingerprint density at radius 3 is 2.47 bits per heavy atom. The number of fused-ring (bicyclic) bond motifs is 8. The Morgan fingerprint density at radius 1 is 0.833 bits per heavy atom. The highest BCUT2D eigenvalue weighted by atomic mass is 16.5. The molecule has 3 unspecified atom stereocenters. The van der Waals surface area contributed by atoms with Crippen molar-refractivity contribution >= 4 is 38.5 Å². The van der Waals surface area contributed by atoms with E-state index in [1.54, 1.807) is 21.3 Å². The molecule has 2 aliphatic heterocycles. The van der Waals surface area contributed by atoms with Gasteiger partial charge in [-0.3, -0.25) is 4.90 Å². The third kappa shape index (κ3) is 2.86. The average Bonchev–Trinajstić information content (AvgIpc) is 3.51. The summed E-state index contributed by atoms with van der Waals surface area (Å²) in [6.07, 6.45) is 7.42. The number of aromatic nitrogens is 3. The fourth-order valence-corrected chi connectivity index (χ4v) is 6.47. The molecule has 1 saturated heterocycles. The lowest BCUT2D eigenvalue weighted by Gasteiger charge is -2.39. The molecule has 0 spiro atoms. The molecule has 3 aromatic heterocycles. The molecule has 2 aromatic carbocycles. The zero-order chi connectivity index (χ0) is 24.4. The molecule has 0 bridgehead atoms. The number of para-hydroxylation sites is 2. The maximum Gasteiger partial charge on any atom is 0.181 e. The molecule has 1 fully saturated rings. The first-order valence-corrected chi connectivity index (χ1v) is 12.5. The molecule has 2 aliphatic rings. The number of quaternary nitrogens is 1. The van der Waals surface area contributed by atoms with E-state index in [0.717, 1.165) is 69.5 Å². The number of nitrogens with zero attached hydrogens (tertiary/aromatic N) is 1. The molecule has 7 nitrogen and oxygen atoms in total. The summed E-state index contributed by atoms with van der Waals surface area (Å²) in [5.74, 6) is 2.50. The highest BCUT2D eigenvalue weighted by Gasteiger charge is 2.43. The van der Waals surface area contributed by atoms with E-state index in [1.165, 1.54) is 21.5 Å². The van der Waals surface area contributed by atoms with Gasteiger partial charge in [0, 0.05) is 29.1 Å². The number of rotatable bonds is 4. The molecule has 0 amide bonds. The molecule has 0 radical (unpaired) electrons. The Balaban J connectivity index is 1.44. The van der Waals surface area contributed by atoms with Crippen molar-refractivity contribution in [3.8, 4) is 11.5 Å². The molecule has 0 aliphatic carbocycles. The van der Waals surface area contributed by atoms with Gasteiger partial charge in [-0.2, -0.15) is 0 Å². The van der Waals surface area contributed by atoms with Crippen LogP contribution in [0.2, 0.25) is 0 Å². The normalized spacial score (nSPS) is 21.3. The number of ether oxygens (including phenoxy) is 3.